The smallest absolute Gasteiger partial charge is 0.516 e. The molecule has 696 valence electrons. The molecule has 4 N–H and O–H groups in total. The Balaban J connectivity index is 1.29. The molecule has 28 nitrogen and oxygen atoms in total. The molecule has 8 aliphatic rings. The molecule has 0 aliphatic carbocycles. The molecular formula is C86H166BN2O26Si4-. The highest BCUT2D eigenvalue weighted by Gasteiger charge is 2.65. The van der Waals surface area contributed by atoms with Gasteiger partial charge in [0.15, 0.2) is 58.4 Å². The van der Waals surface area contributed by atoms with Gasteiger partial charge >= 0.3 is 18.9 Å². The number of nitrogens with zero attached hydrogens (tertiary/aromatic N) is 2. The SMILES string of the molecule is CC[C@H]1OC(=O)[C@@H](C)[C@@H](O[C@H]2C[C@@](C)(OC)[C@@H](O[Si](C)(C)C)[C@H](C)O2)[C@H](C)[C@@H](O[C@@H]2O[C@H](C)C[C@H](N(C)C)[C@H]2O[Si](C)(C)C)[C@](C)(O)C[C@H](C)[C@@H]2O[B-]3(O[C@@H]4[C@H](C)[C@@H](O3)[C@](C)(O)[C@@H](CC)OC(=O)[C@@H](C)[C@@H](O[C@H]3C[C@@](C)(OC)[C@@H](O[Si](C)(C)C)[C@H](C)O3)[C@H](C)[C@@H](O[C@@H]3O[C@H](C)C[C@H](N(C)C)[C@H]3O[Si](C)(C)C)[C@](C)(O)C[C@@H]4C)O[C@H]([C@H]2C)[C@]1(C)O. The van der Waals surface area contributed by atoms with Crippen LogP contribution >= 0.6 is 0 Å². The van der Waals surface area contributed by atoms with Crippen molar-refractivity contribution >= 4 is 52.2 Å². The molecule has 0 aromatic carbocycles. The zero-order chi connectivity index (χ0) is 90.1. The van der Waals surface area contributed by atoms with Crippen LogP contribution in [0.5, 0.6) is 0 Å². The van der Waals surface area contributed by atoms with Crippen LogP contribution in [-0.2, 0) is 103 Å². The van der Waals surface area contributed by atoms with Crippen molar-refractivity contribution in [2.75, 3.05) is 42.4 Å². The van der Waals surface area contributed by atoms with E-state index in [0.717, 1.165) is 0 Å². The molecule has 1 spiro atoms. The summed E-state index contributed by atoms with van der Waals surface area (Å²) in [5.41, 5.74) is -9.79. The number of rotatable bonds is 22. The van der Waals surface area contributed by atoms with Crippen LogP contribution in [0.1, 0.15) is 190 Å². The summed E-state index contributed by atoms with van der Waals surface area (Å²) in [6.45, 7) is 58.7. The highest BCUT2D eigenvalue weighted by Crippen LogP contribution is 2.52. The molecule has 38 atom stereocenters. The van der Waals surface area contributed by atoms with E-state index < -0.39 is 256 Å². The van der Waals surface area contributed by atoms with Crippen molar-refractivity contribution in [2.45, 2.75) is 449 Å². The first kappa shape index (κ1) is 103. The average Bonchev–Trinajstić information content (AvgIpc) is 0.721. The lowest BCUT2D eigenvalue weighted by Gasteiger charge is -2.65. The van der Waals surface area contributed by atoms with E-state index in [1.54, 1.807) is 55.8 Å². The third-order valence-electron chi connectivity index (χ3n) is 27.0. The topological polar surface area (TPSA) is 306 Å². The predicted octanol–water partition coefficient (Wildman–Crippen LogP) is 12.2. The van der Waals surface area contributed by atoms with Gasteiger partial charge in [-0.2, -0.15) is 0 Å². The Morgan fingerprint density at radius 1 is 0.420 bits per heavy atom. The van der Waals surface area contributed by atoms with Crippen LogP contribution in [0.3, 0.4) is 0 Å². The van der Waals surface area contributed by atoms with Gasteiger partial charge in [-0.1, -0.05) is 55.4 Å². The van der Waals surface area contributed by atoms with Crippen LogP contribution in [0.2, 0.25) is 78.6 Å². The minimum Gasteiger partial charge on any atom is -0.516 e. The first-order valence-electron chi connectivity index (χ1n) is 44.9. The van der Waals surface area contributed by atoms with Crippen LogP contribution in [0, 0.1) is 47.3 Å². The highest BCUT2D eigenvalue weighted by atomic mass is 28.4. The van der Waals surface area contributed by atoms with Gasteiger partial charge in [0.1, 0.15) is 35.6 Å². The number of hydrogen-bond acceptors (Lipinski definition) is 28. The molecule has 119 heavy (non-hydrogen) atoms. The van der Waals surface area contributed by atoms with Crippen LogP contribution in [-0.4, -0.2) is 306 Å². The second-order valence-electron chi connectivity index (χ2n) is 43.3. The van der Waals surface area contributed by atoms with Gasteiger partial charge in [0, 0.05) is 75.0 Å². The van der Waals surface area contributed by atoms with Crippen molar-refractivity contribution in [1.82, 2.24) is 9.80 Å². The Bertz CT molecular complexity index is 3060. The fourth-order valence-electron chi connectivity index (χ4n) is 21.3. The number of cyclic esters (lactones) is 2. The van der Waals surface area contributed by atoms with Crippen LogP contribution in [0.25, 0.3) is 0 Å². The van der Waals surface area contributed by atoms with Crippen LogP contribution in [0.15, 0.2) is 0 Å². The largest absolute Gasteiger partial charge is 0.532 e. The first-order chi connectivity index (χ1) is 54.3. The van der Waals surface area contributed by atoms with Crippen LogP contribution < -0.4 is 0 Å². The third-order valence-corrected chi connectivity index (χ3v) is 30.9. The monoisotopic (exact) mass is 1770 g/mol. The Morgan fingerprint density at radius 3 is 1.01 bits per heavy atom. The summed E-state index contributed by atoms with van der Waals surface area (Å²) in [7, 11) is 2.21. The number of likely N-dealkylation sites (N-methyl/N-ethyl adjacent to an activating group) is 2. The Labute approximate surface area is 720 Å². The third kappa shape index (κ3) is 24.1. The van der Waals surface area contributed by atoms with Crippen molar-refractivity contribution in [3.63, 3.8) is 0 Å². The second kappa shape index (κ2) is 38.9. The quantitative estimate of drug-likeness (QED) is 0.0578. The molecular weight excluding hydrogens is 1600 g/mol. The second-order valence-corrected chi connectivity index (χ2v) is 61.1. The summed E-state index contributed by atoms with van der Waals surface area (Å²) in [4.78, 5) is 36.0. The average molecular weight is 1770 g/mol. The molecule has 4 bridgehead atoms. The number of hydrogen-bond donors (Lipinski definition) is 4. The molecule has 0 unspecified atom stereocenters. The highest BCUT2D eigenvalue weighted by molar-refractivity contribution is 6.70. The van der Waals surface area contributed by atoms with Crippen molar-refractivity contribution in [3.8, 4) is 0 Å². The molecule has 8 fully saturated rings. The number of methoxy groups -OCH3 is 2. The standard InChI is InChI=1S/C86H166BN2O26Si4/c1-39-61-85(19,94)73-51(7)65(47(3)43-81(15,92)71(106-79-69(112-116(27,28)29)59(88(21)22)41-49(5)98-79)53(9)67(55(11)77(90)102-61)104-63-45-83(17,96-25)75(57(13)100-63)114-118(33,34)35)108-87(110-73)109-66-48(4)44-82(16,93)72(107-80-70(113-117(30,31)32)60(89(23)24)42-50(6)99-80)54(10)68(56(12)78(91)103-62(40-2)86(20,95)74(111-87)52(66)8)105-64-46-84(18,97-26)76(58(14)101-64)115-119(36,37)38/h47-76,79-80,92-95H,39-46H2,1-38H3/q-1/t47-,48-,49+,50+,51-,52-,53-,54-,55-,56-,57-,58-,59-,60-,61+,62+,63-,64-,65-,66-,67-,68-,69+,70+,71+,72+,73+,74+,75-,76-,79-,80-,81+,82+,83+,84+,85+,86+,87?/m0/s1. The zero-order valence-corrected chi connectivity index (χ0v) is 84.4. The number of fused-ring (bicyclic) bond motifs is 4. The number of ether oxygens (including phenoxy) is 12. The van der Waals surface area contributed by atoms with Gasteiger partial charge < -0.3 is 123 Å². The van der Waals surface area contributed by atoms with Gasteiger partial charge in [-0.15, -0.1) is 0 Å². The summed E-state index contributed by atoms with van der Waals surface area (Å²) in [6.07, 6.45) is -18.4. The van der Waals surface area contributed by atoms with E-state index in [2.05, 4.69) is 88.4 Å². The van der Waals surface area contributed by atoms with Crippen molar-refractivity contribution < 1.29 is 123 Å². The summed E-state index contributed by atoms with van der Waals surface area (Å²) in [5.74, 6) is -8.60. The fourth-order valence-corrected chi connectivity index (χ4v) is 25.9. The van der Waals surface area contributed by atoms with Crippen molar-refractivity contribution in [1.29, 1.82) is 0 Å². The lowest BCUT2D eigenvalue weighted by atomic mass is 9.69. The lowest BCUT2D eigenvalue weighted by Crippen LogP contribution is -2.75. The normalized spacial score (nSPS) is 48.4. The maximum Gasteiger partial charge on any atom is 0.532 e. The lowest BCUT2D eigenvalue weighted by molar-refractivity contribution is -0.318. The van der Waals surface area contributed by atoms with E-state index in [0.29, 0.717) is 12.8 Å². The summed E-state index contributed by atoms with van der Waals surface area (Å²) < 4.78 is 141. The molecule has 0 amide bonds. The van der Waals surface area contributed by atoms with E-state index in [4.69, 9.17) is 93.2 Å². The van der Waals surface area contributed by atoms with Gasteiger partial charge in [0.05, 0.1) is 107 Å². The molecule has 0 aromatic rings. The predicted molar refractivity (Wildman–Crippen MR) is 465 cm³/mol. The van der Waals surface area contributed by atoms with Crippen molar-refractivity contribution in [3.05, 3.63) is 0 Å². The molecule has 8 saturated heterocycles. The van der Waals surface area contributed by atoms with Gasteiger partial charge in [0.2, 0.25) is 0 Å². The summed E-state index contributed by atoms with van der Waals surface area (Å²) in [5, 5.41) is 56.2. The Kier molecular flexibility index (Phi) is 33.8. The Morgan fingerprint density at radius 2 is 0.731 bits per heavy atom. The van der Waals surface area contributed by atoms with Gasteiger partial charge in [-0.25, -0.2) is 0 Å². The van der Waals surface area contributed by atoms with Gasteiger partial charge in [-0.05, 0) is 240 Å². The Hall–Kier alpha value is -1.09. The van der Waals surface area contributed by atoms with E-state index in [9.17, 15) is 20.4 Å². The minimum absolute atomic E-state index is 0.0710. The van der Waals surface area contributed by atoms with Gasteiger partial charge in [-0.3, -0.25) is 9.59 Å². The number of carbonyl (C=O) groups excluding carboxylic acids is 2. The van der Waals surface area contributed by atoms with E-state index >= 15 is 9.59 Å². The summed E-state index contributed by atoms with van der Waals surface area (Å²) in [6, 6.07) is -0.354. The molecule has 8 aliphatic heterocycles. The number of carbonyl (C=O) groups is 2. The zero-order valence-electron chi connectivity index (χ0n) is 80.4. The molecule has 0 saturated carbocycles. The van der Waals surface area contributed by atoms with E-state index in [1.165, 1.54) is 0 Å². The fraction of sp³-hybridized carbons (Fsp3) is 0.977. The number of aliphatic hydroxyl groups is 4. The first-order valence-corrected chi connectivity index (χ1v) is 58.5. The maximum absolute atomic E-state index is 15.9. The molecule has 8 rings (SSSR count). The van der Waals surface area contributed by atoms with Crippen molar-refractivity contribution in [2.24, 2.45) is 47.3 Å². The molecule has 33 heteroatoms. The van der Waals surface area contributed by atoms with Gasteiger partial charge in [0.25, 0.3) is 0 Å². The van der Waals surface area contributed by atoms with E-state index in [-0.39, 0.29) is 62.8 Å². The summed E-state index contributed by atoms with van der Waals surface area (Å²) >= 11 is 0. The molecule has 0 aromatic heterocycles. The number of esters is 2. The minimum atomic E-state index is -3.73. The van der Waals surface area contributed by atoms with E-state index in [1.807, 2.05) is 125 Å². The molecule has 8 heterocycles. The maximum atomic E-state index is 15.9. The molecule has 0 radical (unpaired) electrons. The van der Waals surface area contributed by atoms with Crippen LogP contribution in [0.4, 0.5) is 0 Å².